The standard InChI is InChI=1S/2C3H6O2.K/c2*1-2-3(4)5;/h2*2H2,1H3,(H,4,5);/q;;+1/p-2. The van der Waals surface area contributed by atoms with Crippen LogP contribution in [0.3, 0.4) is 0 Å². The minimum atomic E-state index is -0.995. The van der Waals surface area contributed by atoms with Gasteiger partial charge in [-0.1, -0.05) is 13.8 Å². The van der Waals surface area contributed by atoms with Gasteiger partial charge in [0.15, 0.2) is 0 Å². The van der Waals surface area contributed by atoms with E-state index in [4.69, 9.17) is 0 Å². The number of aliphatic carboxylic acids is 2. The fourth-order valence-corrected chi connectivity index (χ4v) is 0. The van der Waals surface area contributed by atoms with Crippen LogP contribution >= 0.6 is 0 Å². The molecule has 4 nitrogen and oxygen atoms in total. The van der Waals surface area contributed by atoms with Gasteiger partial charge < -0.3 is 19.8 Å². The van der Waals surface area contributed by atoms with Crippen LogP contribution < -0.4 is 61.6 Å². The van der Waals surface area contributed by atoms with Crippen molar-refractivity contribution < 1.29 is 71.2 Å². The average molecular weight is 185 g/mol. The van der Waals surface area contributed by atoms with Gasteiger partial charge in [-0.2, -0.15) is 0 Å². The number of carbonyl (C=O) groups excluding carboxylic acids is 2. The predicted octanol–water partition coefficient (Wildman–Crippen LogP) is -4.70. The topological polar surface area (TPSA) is 80.3 Å². The molecule has 0 saturated heterocycles. The molecule has 0 N–H and O–H groups in total. The van der Waals surface area contributed by atoms with E-state index in [1.54, 1.807) is 0 Å². The van der Waals surface area contributed by atoms with Crippen molar-refractivity contribution in [2.45, 2.75) is 26.7 Å². The van der Waals surface area contributed by atoms with Gasteiger partial charge in [0.1, 0.15) is 0 Å². The molecule has 0 spiro atoms. The minimum absolute atomic E-state index is 0. The molecule has 0 bridgehead atoms. The molecule has 0 amide bonds. The Bertz CT molecular complexity index is 99.1. The van der Waals surface area contributed by atoms with Crippen LogP contribution in [0.1, 0.15) is 26.7 Å². The second kappa shape index (κ2) is 13.2. The molecule has 0 atom stereocenters. The zero-order chi connectivity index (χ0) is 8.57. The first kappa shape index (κ1) is 17.6. The first-order valence-electron chi connectivity index (χ1n) is 2.94. The van der Waals surface area contributed by atoms with Crippen LogP contribution in [0.15, 0.2) is 0 Å². The maximum Gasteiger partial charge on any atom is 1.00 e. The van der Waals surface area contributed by atoms with E-state index in [0.717, 1.165) is 0 Å². The number of carboxylic acids is 2. The van der Waals surface area contributed by atoms with Crippen molar-refractivity contribution in [1.82, 2.24) is 0 Å². The number of hydrogen-bond donors (Lipinski definition) is 0. The Kier molecular flexibility index (Phi) is 21.1. The molecule has 11 heavy (non-hydrogen) atoms. The summed E-state index contributed by atoms with van der Waals surface area (Å²) in [5.41, 5.74) is 0. The molecule has 0 rings (SSSR count). The third kappa shape index (κ3) is 37.1. The van der Waals surface area contributed by atoms with Crippen LogP contribution in [-0.4, -0.2) is 11.9 Å². The van der Waals surface area contributed by atoms with E-state index in [1.807, 2.05) is 0 Å². The number of rotatable bonds is 2. The van der Waals surface area contributed by atoms with Crippen molar-refractivity contribution in [2.24, 2.45) is 0 Å². The molecule has 0 aliphatic rings. The van der Waals surface area contributed by atoms with Crippen molar-refractivity contribution in [3.05, 3.63) is 0 Å². The summed E-state index contributed by atoms with van der Waals surface area (Å²) in [5, 5.41) is 18.5. The van der Waals surface area contributed by atoms with Gasteiger partial charge in [-0.3, -0.25) is 0 Å². The maximum atomic E-state index is 9.26. The van der Waals surface area contributed by atoms with Gasteiger partial charge in [0.05, 0.1) is 0 Å². The molecular formula is C6H10KO4-. The Balaban J connectivity index is -0.000000107. The van der Waals surface area contributed by atoms with Crippen molar-refractivity contribution in [2.75, 3.05) is 0 Å². The van der Waals surface area contributed by atoms with E-state index in [0.29, 0.717) is 0 Å². The Hall–Kier alpha value is 0.576. The van der Waals surface area contributed by atoms with E-state index in [1.165, 1.54) is 13.8 Å². The van der Waals surface area contributed by atoms with E-state index in [9.17, 15) is 19.8 Å². The second-order valence-electron chi connectivity index (χ2n) is 1.45. The summed E-state index contributed by atoms with van der Waals surface area (Å²) in [6.45, 7) is 3.07. The molecule has 0 aromatic carbocycles. The fourth-order valence-electron chi connectivity index (χ4n) is 0. The van der Waals surface area contributed by atoms with E-state index < -0.39 is 11.9 Å². The Morgan fingerprint density at radius 3 is 1.09 bits per heavy atom. The van der Waals surface area contributed by atoms with Gasteiger partial charge in [0, 0.05) is 11.9 Å². The number of carbonyl (C=O) groups is 2. The van der Waals surface area contributed by atoms with Gasteiger partial charge >= 0.3 is 51.4 Å². The SMILES string of the molecule is CCC(=O)[O-].CCC(=O)[O-].[K+]. The summed E-state index contributed by atoms with van der Waals surface area (Å²) in [6, 6.07) is 0. The summed E-state index contributed by atoms with van der Waals surface area (Å²) < 4.78 is 0. The molecule has 0 fully saturated rings. The molecule has 60 valence electrons. The Morgan fingerprint density at radius 1 is 1.00 bits per heavy atom. The van der Waals surface area contributed by atoms with Crippen molar-refractivity contribution in [1.29, 1.82) is 0 Å². The molecule has 0 aliphatic carbocycles. The molecule has 0 unspecified atom stereocenters. The zero-order valence-electron chi connectivity index (χ0n) is 7.05. The minimum Gasteiger partial charge on any atom is -0.550 e. The third-order valence-electron chi connectivity index (χ3n) is 0.577. The fraction of sp³-hybridized carbons (Fsp3) is 0.667. The van der Waals surface area contributed by atoms with Gasteiger partial charge in [0.2, 0.25) is 0 Å². The Labute approximate surface area is 108 Å². The van der Waals surface area contributed by atoms with Crippen molar-refractivity contribution >= 4 is 11.9 Å². The van der Waals surface area contributed by atoms with Crippen LogP contribution in [0.2, 0.25) is 0 Å². The predicted molar refractivity (Wildman–Crippen MR) is 30.6 cm³/mol. The van der Waals surface area contributed by atoms with Crippen LogP contribution in [-0.2, 0) is 9.59 Å². The maximum absolute atomic E-state index is 9.26. The third-order valence-corrected chi connectivity index (χ3v) is 0.577. The molecule has 0 aromatic rings. The molecule has 0 radical (unpaired) electrons. The van der Waals surface area contributed by atoms with Gasteiger partial charge in [-0.05, 0) is 12.8 Å². The summed E-state index contributed by atoms with van der Waals surface area (Å²) in [5.74, 6) is -1.99. The smallest absolute Gasteiger partial charge is 0.550 e. The summed E-state index contributed by atoms with van der Waals surface area (Å²) in [7, 11) is 0. The van der Waals surface area contributed by atoms with Crippen LogP contribution in [0.25, 0.3) is 0 Å². The molecular weight excluding hydrogens is 175 g/mol. The Morgan fingerprint density at radius 2 is 1.09 bits per heavy atom. The van der Waals surface area contributed by atoms with Crippen LogP contribution in [0, 0.1) is 0 Å². The molecule has 0 heterocycles. The van der Waals surface area contributed by atoms with Gasteiger partial charge in [0.25, 0.3) is 0 Å². The summed E-state index contributed by atoms with van der Waals surface area (Å²) in [6.07, 6.45) is 0.222. The monoisotopic (exact) mass is 185 g/mol. The van der Waals surface area contributed by atoms with Crippen molar-refractivity contribution in [3.8, 4) is 0 Å². The second-order valence-corrected chi connectivity index (χ2v) is 1.45. The number of hydrogen-bond acceptors (Lipinski definition) is 4. The quantitative estimate of drug-likeness (QED) is 0.405. The van der Waals surface area contributed by atoms with Gasteiger partial charge in [-0.25, -0.2) is 0 Å². The molecule has 0 saturated carbocycles. The van der Waals surface area contributed by atoms with Crippen molar-refractivity contribution in [3.63, 3.8) is 0 Å². The molecule has 0 aliphatic heterocycles. The van der Waals surface area contributed by atoms with E-state index in [2.05, 4.69) is 0 Å². The van der Waals surface area contributed by atoms with Crippen LogP contribution in [0.5, 0.6) is 0 Å². The normalized spacial score (nSPS) is 6.73. The molecule has 5 heteroatoms. The first-order valence-corrected chi connectivity index (χ1v) is 2.94. The van der Waals surface area contributed by atoms with Crippen LogP contribution in [0.4, 0.5) is 0 Å². The van der Waals surface area contributed by atoms with Gasteiger partial charge in [-0.15, -0.1) is 0 Å². The number of carboxylic acid groups (broad SMARTS) is 2. The zero-order valence-corrected chi connectivity index (χ0v) is 10.2. The largest absolute Gasteiger partial charge is 1.00 e. The first-order chi connectivity index (χ1) is 4.54. The molecule has 0 aromatic heterocycles. The summed E-state index contributed by atoms with van der Waals surface area (Å²) >= 11 is 0. The summed E-state index contributed by atoms with van der Waals surface area (Å²) in [4.78, 5) is 18.5. The average Bonchev–Trinajstić information content (AvgIpc) is 1.89. The van der Waals surface area contributed by atoms with E-state index >= 15 is 0 Å². The van der Waals surface area contributed by atoms with E-state index in [-0.39, 0.29) is 64.2 Å².